The zero-order valence-electron chi connectivity index (χ0n) is 18.2. The maximum Gasteiger partial charge on any atom is 0.255 e. The highest BCUT2D eigenvalue weighted by molar-refractivity contribution is 6.06. The van der Waals surface area contributed by atoms with Gasteiger partial charge in [0.05, 0.1) is 18.4 Å². The summed E-state index contributed by atoms with van der Waals surface area (Å²) < 4.78 is 7.16. The van der Waals surface area contributed by atoms with Crippen LogP contribution in [0.5, 0.6) is 5.75 Å². The van der Waals surface area contributed by atoms with E-state index in [1.54, 1.807) is 30.3 Å². The van der Waals surface area contributed by atoms with E-state index in [0.29, 0.717) is 34.5 Å². The van der Waals surface area contributed by atoms with Crippen LogP contribution in [-0.4, -0.2) is 32.8 Å². The lowest BCUT2D eigenvalue weighted by molar-refractivity contribution is -0.113. The number of methoxy groups -OCH3 is 1. The third kappa shape index (κ3) is 3.82. The molecule has 1 aliphatic heterocycles. The number of nitrogens with one attached hydrogen (secondary N) is 2. The second kappa shape index (κ2) is 8.58. The fourth-order valence-corrected chi connectivity index (χ4v) is 3.95. The highest BCUT2D eigenvalue weighted by Crippen LogP contribution is 2.37. The van der Waals surface area contributed by atoms with Crippen LogP contribution in [0, 0.1) is 0 Å². The van der Waals surface area contributed by atoms with Crippen molar-refractivity contribution in [1.29, 1.82) is 0 Å². The maximum absolute atomic E-state index is 13.6. The van der Waals surface area contributed by atoms with Crippen molar-refractivity contribution in [3.8, 4) is 17.1 Å². The molecule has 2 aromatic heterocycles. The van der Waals surface area contributed by atoms with E-state index in [2.05, 4.69) is 20.6 Å². The quantitative estimate of drug-likeness (QED) is 0.483. The number of amides is 1. The predicted molar refractivity (Wildman–Crippen MR) is 126 cm³/mol. The lowest BCUT2D eigenvalue weighted by Gasteiger charge is -2.28. The smallest absolute Gasteiger partial charge is 0.255 e. The molecule has 1 atom stereocenters. The average molecular weight is 438 g/mol. The van der Waals surface area contributed by atoms with Gasteiger partial charge in [-0.2, -0.15) is 4.98 Å². The van der Waals surface area contributed by atoms with E-state index in [1.165, 1.54) is 0 Å². The summed E-state index contributed by atoms with van der Waals surface area (Å²) in [5, 5.41) is 11.0. The van der Waals surface area contributed by atoms with Crippen molar-refractivity contribution in [2.75, 3.05) is 17.7 Å². The fourth-order valence-electron chi connectivity index (χ4n) is 3.95. The molecular weight excluding hydrogens is 416 g/mol. The minimum absolute atomic E-state index is 0.245. The minimum atomic E-state index is -0.458. The number of benzene rings is 2. The molecule has 5 rings (SSSR count). The lowest BCUT2D eigenvalue weighted by Crippen LogP contribution is -2.31. The number of aromatic nitrogens is 4. The summed E-state index contributed by atoms with van der Waals surface area (Å²) in [6.07, 6.45) is 3.40. The first-order chi connectivity index (χ1) is 16.2. The first-order valence-corrected chi connectivity index (χ1v) is 10.5. The van der Waals surface area contributed by atoms with Crippen molar-refractivity contribution >= 4 is 17.5 Å². The Morgan fingerprint density at radius 2 is 1.76 bits per heavy atom. The standard InChI is InChI=1S/C25H22N6O2/c1-16-21(24(32)28-19-10-6-7-11-20(19)33-2)22(17-8-4-3-5-9-17)31-25(27-16)29-23(30-31)18-12-14-26-15-13-18/h3-15,22H,1-2H3,(H,28,32)(H,27,29,30)/t22-/m1/s1. The Bertz CT molecular complexity index is 1330. The minimum Gasteiger partial charge on any atom is -0.495 e. The molecule has 2 N–H and O–H groups in total. The Hall–Kier alpha value is -4.46. The molecule has 0 spiro atoms. The molecular formula is C25H22N6O2. The van der Waals surface area contributed by atoms with Gasteiger partial charge in [0, 0.05) is 23.7 Å². The monoisotopic (exact) mass is 438 g/mol. The van der Waals surface area contributed by atoms with Crippen LogP contribution in [0.2, 0.25) is 0 Å². The molecule has 0 saturated carbocycles. The normalized spacial score (nSPS) is 14.9. The number of carbonyl (C=O) groups is 1. The van der Waals surface area contributed by atoms with E-state index in [0.717, 1.165) is 11.1 Å². The molecule has 4 aromatic rings. The van der Waals surface area contributed by atoms with Gasteiger partial charge in [0.2, 0.25) is 5.95 Å². The first kappa shape index (κ1) is 20.4. The van der Waals surface area contributed by atoms with Gasteiger partial charge >= 0.3 is 0 Å². The number of hydrogen-bond donors (Lipinski definition) is 2. The molecule has 1 amide bonds. The summed E-state index contributed by atoms with van der Waals surface area (Å²) in [5.74, 6) is 1.47. The highest BCUT2D eigenvalue weighted by Gasteiger charge is 2.34. The molecule has 0 radical (unpaired) electrons. The van der Waals surface area contributed by atoms with Crippen LogP contribution in [0.15, 0.2) is 90.4 Å². The number of anilines is 2. The summed E-state index contributed by atoms with van der Waals surface area (Å²) in [6.45, 7) is 1.87. The summed E-state index contributed by atoms with van der Waals surface area (Å²) in [5.41, 5.74) is 3.62. The van der Waals surface area contributed by atoms with Gasteiger partial charge in [-0.25, -0.2) is 4.68 Å². The lowest BCUT2D eigenvalue weighted by atomic mass is 9.95. The maximum atomic E-state index is 13.6. The van der Waals surface area contributed by atoms with Gasteiger partial charge in [0.1, 0.15) is 11.8 Å². The molecule has 3 heterocycles. The molecule has 0 aliphatic carbocycles. The number of pyridine rings is 1. The van der Waals surface area contributed by atoms with Crippen molar-refractivity contribution in [3.63, 3.8) is 0 Å². The van der Waals surface area contributed by atoms with Crippen molar-refractivity contribution in [2.45, 2.75) is 13.0 Å². The molecule has 0 fully saturated rings. The number of allylic oxidation sites excluding steroid dienone is 1. The van der Waals surface area contributed by atoms with Crippen molar-refractivity contribution < 1.29 is 9.53 Å². The Labute approximate surface area is 191 Å². The van der Waals surface area contributed by atoms with Gasteiger partial charge in [0.25, 0.3) is 5.91 Å². The van der Waals surface area contributed by atoms with Crippen LogP contribution in [0.3, 0.4) is 0 Å². The van der Waals surface area contributed by atoms with Crippen LogP contribution < -0.4 is 15.4 Å². The summed E-state index contributed by atoms with van der Waals surface area (Å²) in [7, 11) is 1.58. The van der Waals surface area contributed by atoms with Crippen molar-refractivity contribution in [2.24, 2.45) is 0 Å². The van der Waals surface area contributed by atoms with Crippen LogP contribution in [-0.2, 0) is 4.79 Å². The van der Waals surface area contributed by atoms with E-state index in [9.17, 15) is 4.79 Å². The van der Waals surface area contributed by atoms with Crippen LogP contribution in [0.25, 0.3) is 11.4 Å². The Balaban J connectivity index is 1.59. The Kier molecular flexibility index (Phi) is 5.32. The molecule has 8 heteroatoms. The molecule has 1 aliphatic rings. The third-order valence-electron chi connectivity index (χ3n) is 5.51. The largest absolute Gasteiger partial charge is 0.495 e. The van der Waals surface area contributed by atoms with Gasteiger partial charge < -0.3 is 15.4 Å². The van der Waals surface area contributed by atoms with Gasteiger partial charge in [-0.1, -0.05) is 42.5 Å². The van der Waals surface area contributed by atoms with Crippen LogP contribution in [0.1, 0.15) is 18.5 Å². The Morgan fingerprint density at radius 3 is 2.52 bits per heavy atom. The second-order valence-electron chi connectivity index (χ2n) is 7.57. The molecule has 164 valence electrons. The van der Waals surface area contributed by atoms with Crippen LogP contribution >= 0.6 is 0 Å². The first-order valence-electron chi connectivity index (χ1n) is 10.5. The number of nitrogens with zero attached hydrogens (tertiary/aromatic N) is 4. The van der Waals surface area contributed by atoms with Crippen molar-refractivity contribution in [3.05, 3.63) is 96.0 Å². The van der Waals surface area contributed by atoms with Crippen molar-refractivity contribution in [1.82, 2.24) is 19.7 Å². The number of hydrogen-bond acceptors (Lipinski definition) is 6. The SMILES string of the molecule is COc1ccccc1NC(=O)C1=C(C)Nc2nc(-c3ccncc3)nn2[C@@H]1c1ccccc1. The summed E-state index contributed by atoms with van der Waals surface area (Å²) in [6, 6.07) is 20.4. The average Bonchev–Trinajstić information content (AvgIpc) is 3.28. The third-order valence-corrected chi connectivity index (χ3v) is 5.51. The fraction of sp³-hybridized carbons (Fsp3) is 0.120. The van der Waals surface area contributed by atoms with Crippen LogP contribution in [0.4, 0.5) is 11.6 Å². The van der Waals surface area contributed by atoms with E-state index in [-0.39, 0.29) is 5.91 Å². The molecule has 8 nitrogen and oxygen atoms in total. The zero-order valence-corrected chi connectivity index (χ0v) is 18.2. The van der Waals surface area contributed by atoms with E-state index in [1.807, 2.05) is 67.6 Å². The highest BCUT2D eigenvalue weighted by atomic mass is 16.5. The topological polar surface area (TPSA) is 94.0 Å². The number of carbonyl (C=O) groups excluding carboxylic acids is 1. The molecule has 0 saturated heterocycles. The number of fused-ring (bicyclic) bond motifs is 1. The van der Waals surface area contributed by atoms with Gasteiger partial charge in [-0.05, 0) is 36.8 Å². The van der Waals surface area contributed by atoms with Gasteiger partial charge in [-0.15, -0.1) is 5.10 Å². The number of ether oxygens (including phenoxy) is 1. The van der Waals surface area contributed by atoms with E-state index >= 15 is 0 Å². The Morgan fingerprint density at radius 1 is 1.03 bits per heavy atom. The van der Waals surface area contributed by atoms with E-state index < -0.39 is 6.04 Å². The zero-order chi connectivity index (χ0) is 22.8. The molecule has 2 aromatic carbocycles. The summed E-state index contributed by atoms with van der Waals surface area (Å²) in [4.78, 5) is 22.3. The predicted octanol–water partition coefficient (Wildman–Crippen LogP) is 4.28. The number of para-hydroxylation sites is 2. The summed E-state index contributed by atoms with van der Waals surface area (Å²) >= 11 is 0. The molecule has 0 bridgehead atoms. The number of rotatable bonds is 5. The van der Waals surface area contributed by atoms with Gasteiger partial charge in [-0.3, -0.25) is 9.78 Å². The molecule has 0 unspecified atom stereocenters. The second-order valence-corrected chi connectivity index (χ2v) is 7.57. The van der Waals surface area contributed by atoms with E-state index in [4.69, 9.17) is 9.84 Å². The molecule has 33 heavy (non-hydrogen) atoms. The van der Waals surface area contributed by atoms with Gasteiger partial charge in [0.15, 0.2) is 5.82 Å².